The fourth-order valence-corrected chi connectivity index (χ4v) is 3.54. The summed E-state index contributed by atoms with van der Waals surface area (Å²) >= 11 is 0. The molecule has 0 saturated heterocycles. The largest absolute Gasteiger partial charge is 0.315 e. The molecular formula is C23H23N3. The molecule has 1 heterocycles. The van der Waals surface area contributed by atoms with E-state index in [9.17, 15) is 0 Å². The third kappa shape index (κ3) is 3.14. The molecule has 1 aromatic heterocycles. The molecule has 26 heavy (non-hydrogen) atoms. The summed E-state index contributed by atoms with van der Waals surface area (Å²) in [5.74, 6) is 1.08. The first-order valence-electron chi connectivity index (χ1n) is 8.94. The monoisotopic (exact) mass is 341 g/mol. The fourth-order valence-electron chi connectivity index (χ4n) is 3.54. The van der Waals surface area contributed by atoms with Crippen molar-refractivity contribution in [2.45, 2.75) is 12.6 Å². The van der Waals surface area contributed by atoms with Gasteiger partial charge in [-0.2, -0.15) is 0 Å². The van der Waals surface area contributed by atoms with Gasteiger partial charge in [0.2, 0.25) is 0 Å². The van der Waals surface area contributed by atoms with Crippen LogP contribution in [-0.2, 0) is 6.54 Å². The van der Waals surface area contributed by atoms with Gasteiger partial charge in [0.1, 0.15) is 5.82 Å². The van der Waals surface area contributed by atoms with E-state index in [4.69, 9.17) is 4.98 Å². The van der Waals surface area contributed by atoms with E-state index < -0.39 is 0 Å². The minimum absolute atomic E-state index is 0.0970. The van der Waals surface area contributed by atoms with Crippen LogP contribution < -0.4 is 0 Å². The van der Waals surface area contributed by atoms with Crippen molar-refractivity contribution in [2.24, 2.45) is 0 Å². The van der Waals surface area contributed by atoms with E-state index in [-0.39, 0.29) is 6.04 Å². The first-order valence-corrected chi connectivity index (χ1v) is 8.94. The highest BCUT2D eigenvalue weighted by Crippen LogP contribution is 2.32. The average Bonchev–Trinajstić information content (AvgIpc) is 3.01. The molecule has 3 heteroatoms. The van der Waals surface area contributed by atoms with Gasteiger partial charge in [-0.3, -0.25) is 0 Å². The van der Waals surface area contributed by atoms with Crippen LogP contribution in [-0.4, -0.2) is 28.5 Å². The molecule has 0 unspecified atom stereocenters. The quantitative estimate of drug-likeness (QED) is 0.523. The zero-order valence-corrected chi connectivity index (χ0v) is 15.2. The normalized spacial score (nSPS) is 11.5. The molecule has 4 rings (SSSR count). The Balaban J connectivity index is 1.99. The van der Waals surface area contributed by atoms with Gasteiger partial charge in [-0.05, 0) is 37.4 Å². The Bertz CT molecular complexity index is 948. The van der Waals surface area contributed by atoms with E-state index in [0.29, 0.717) is 0 Å². The number of imidazole rings is 1. The number of para-hydroxylation sites is 2. The number of hydrogen-bond acceptors (Lipinski definition) is 2. The number of aromatic nitrogens is 2. The highest BCUT2D eigenvalue weighted by molar-refractivity contribution is 5.76. The first kappa shape index (κ1) is 16.6. The summed E-state index contributed by atoms with van der Waals surface area (Å²) in [4.78, 5) is 7.12. The van der Waals surface area contributed by atoms with Crippen LogP contribution in [0.15, 0.2) is 84.9 Å². The summed E-state index contributed by atoms with van der Waals surface area (Å²) < 4.78 is 2.39. The molecule has 0 saturated carbocycles. The Kier molecular flexibility index (Phi) is 4.55. The van der Waals surface area contributed by atoms with Crippen molar-refractivity contribution < 1.29 is 0 Å². The topological polar surface area (TPSA) is 21.1 Å². The number of fused-ring (bicyclic) bond motifs is 1. The Morgan fingerprint density at radius 3 is 1.88 bits per heavy atom. The van der Waals surface area contributed by atoms with Gasteiger partial charge in [-0.1, -0.05) is 72.8 Å². The third-order valence-electron chi connectivity index (χ3n) is 4.62. The molecule has 0 aliphatic carbocycles. The van der Waals surface area contributed by atoms with Gasteiger partial charge in [-0.25, -0.2) is 4.98 Å². The lowest BCUT2D eigenvalue weighted by atomic mass is 9.98. The minimum Gasteiger partial charge on any atom is -0.315 e. The lowest BCUT2D eigenvalue weighted by Crippen LogP contribution is -2.20. The molecule has 0 amide bonds. The Morgan fingerprint density at radius 1 is 0.769 bits per heavy atom. The minimum atomic E-state index is 0.0970. The lowest BCUT2D eigenvalue weighted by Gasteiger charge is -2.24. The van der Waals surface area contributed by atoms with Gasteiger partial charge in [0.15, 0.2) is 0 Å². The van der Waals surface area contributed by atoms with Gasteiger partial charge < -0.3 is 9.47 Å². The summed E-state index contributed by atoms with van der Waals surface area (Å²) in [7, 11) is 4.17. The maximum atomic E-state index is 4.95. The van der Waals surface area contributed by atoms with Crippen LogP contribution in [0, 0.1) is 0 Å². The van der Waals surface area contributed by atoms with Crippen molar-refractivity contribution in [3.63, 3.8) is 0 Å². The number of benzene rings is 3. The molecule has 0 spiro atoms. The van der Waals surface area contributed by atoms with E-state index in [1.165, 1.54) is 16.6 Å². The summed E-state index contributed by atoms with van der Waals surface area (Å²) in [6.45, 7) is 0.796. The van der Waals surface area contributed by atoms with Crippen molar-refractivity contribution in [1.82, 2.24) is 14.5 Å². The Morgan fingerprint density at radius 2 is 1.31 bits per heavy atom. The molecular weight excluding hydrogens is 318 g/mol. The van der Waals surface area contributed by atoms with Gasteiger partial charge in [0, 0.05) is 0 Å². The molecule has 0 atom stereocenters. The molecule has 130 valence electrons. The maximum Gasteiger partial charge on any atom is 0.124 e. The van der Waals surface area contributed by atoms with Crippen molar-refractivity contribution in [1.29, 1.82) is 0 Å². The smallest absolute Gasteiger partial charge is 0.124 e. The van der Waals surface area contributed by atoms with Crippen molar-refractivity contribution >= 4 is 11.0 Å². The van der Waals surface area contributed by atoms with Crippen LogP contribution in [0.3, 0.4) is 0 Å². The van der Waals surface area contributed by atoms with E-state index in [0.717, 1.165) is 17.9 Å². The second kappa shape index (κ2) is 7.14. The van der Waals surface area contributed by atoms with Gasteiger partial charge >= 0.3 is 0 Å². The van der Waals surface area contributed by atoms with E-state index >= 15 is 0 Å². The second-order valence-electron chi connectivity index (χ2n) is 6.85. The molecule has 0 fully saturated rings. The van der Waals surface area contributed by atoms with Gasteiger partial charge in [0.25, 0.3) is 0 Å². The zero-order valence-electron chi connectivity index (χ0n) is 15.2. The number of nitrogens with zero attached hydrogens (tertiary/aromatic N) is 3. The predicted octanol–water partition coefficient (Wildman–Crippen LogP) is 4.74. The molecule has 3 aromatic carbocycles. The number of hydrogen-bond donors (Lipinski definition) is 0. The Hall–Kier alpha value is -2.91. The molecule has 0 N–H and O–H groups in total. The predicted molar refractivity (Wildman–Crippen MR) is 107 cm³/mol. The second-order valence-corrected chi connectivity index (χ2v) is 6.85. The van der Waals surface area contributed by atoms with Crippen molar-refractivity contribution in [2.75, 3.05) is 14.1 Å². The van der Waals surface area contributed by atoms with Crippen LogP contribution in [0.25, 0.3) is 11.0 Å². The summed E-state index contributed by atoms with van der Waals surface area (Å²) in [6.07, 6.45) is 0. The molecule has 3 nitrogen and oxygen atoms in total. The van der Waals surface area contributed by atoms with Crippen LogP contribution in [0.1, 0.15) is 23.0 Å². The van der Waals surface area contributed by atoms with Crippen molar-refractivity contribution in [3.05, 3.63) is 102 Å². The highest BCUT2D eigenvalue weighted by Gasteiger charge is 2.22. The zero-order chi connectivity index (χ0) is 17.9. The van der Waals surface area contributed by atoms with Crippen LogP contribution >= 0.6 is 0 Å². The third-order valence-corrected chi connectivity index (χ3v) is 4.62. The summed E-state index contributed by atoms with van der Waals surface area (Å²) in [5.41, 5.74) is 4.74. The van der Waals surface area contributed by atoms with Crippen molar-refractivity contribution in [3.8, 4) is 0 Å². The average molecular weight is 341 g/mol. The van der Waals surface area contributed by atoms with Crippen LogP contribution in [0.2, 0.25) is 0 Å². The van der Waals surface area contributed by atoms with Gasteiger partial charge in [-0.15, -0.1) is 0 Å². The standard InChI is InChI=1S/C23H23N3/c1-25(2)17-22-24-20-15-9-10-16-21(20)26(22)23(18-11-5-3-6-12-18)19-13-7-4-8-14-19/h3-16,23H,17H2,1-2H3. The Labute approximate surface area is 154 Å². The molecule has 0 bridgehead atoms. The lowest BCUT2D eigenvalue weighted by molar-refractivity contribution is 0.380. The SMILES string of the molecule is CN(C)Cc1nc2ccccc2n1C(c1ccccc1)c1ccccc1. The summed E-state index contributed by atoms with van der Waals surface area (Å²) in [5, 5.41) is 0. The first-order chi connectivity index (χ1) is 12.7. The molecule has 0 radical (unpaired) electrons. The van der Waals surface area contributed by atoms with E-state index in [1.54, 1.807) is 0 Å². The maximum absolute atomic E-state index is 4.95. The van der Waals surface area contributed by atoms with Crippen LogP contribution in [0.4, 0.5) is 0 Å². The molecule has 4 aromatic rings. The molecule has 0 aliphatic rings. The van der Waals surface area contributed by atoms with E-state index in [2.05, 4.69) is 108 Å². The van der Waals surface area contributed by atoms with Crippen LogP contribution in [0.5, 0.6) is 0 Å². The van der Waals surface area contributed by atoms with E-state index in [1.807, 2.05) is 0 Å². The molecule has 0 aliphatic heterocycles. The summed E-state index contributed by atoms with van der Waals surface area (Å²) in [6, 6.07) is 29.9. The highest BCUT2D eigenvalue weighted by atomic mass is 15.2. The van der Waals surface area contributed by atoms with Gasteiger partial charge in [0.05, 0.1) is 23.6 Å². The number of rotatable bonds is 5. The fraction of sp³-hybridized carbons (Fsp3) is 0.174.